The van der Waals surface area contributed by atoms with Gasteiger partial charge in [-0.1, -0.05) is 65.3 Å². The Balaban J connectivity index is 1.67. The quantitative estimate of drug-likeness (QED) is 0.393. The summed E-state index contributed by atoms with van der Waals surface area (Å²) in [4.78, 5) is 0. The molecule has 9 atom stereocenters. The molecule has 0 spiro atoms. The smallest absolute Gasteiger partial charge is 0.0802 e. The van der Waals surface area contributed by atoms with Crippen LogP contribution in [0.2, 0.25) is 0 Å². The molecule has 0 bridgehead atoms. The summed E-state index contributed by atoms with van der Waals surface area (Å²) < 4.78 is 12.0. The number of hydrogen-bond donors (Lipinski definition) is 1. The molecular formula is C32H54O3. The summed E-state index contributed by atoms with van der Waals surface area (Å²) in [5.41, 5.74) is 1.94. The van der Waals surface area contributed by atoms with Crippen molar-refractivity contribution in [1.29, 1.82) is 0 Å². The van der Waals surface area contributed by atoms with E-state index in [9.17, 15) is 5.11 Å². The van der Waals surface area contributed by atoms with E-state index in [1.54, 1.807) is 7.11 Å². The van der Waals surface area contributed by atoms with Crippen molar-refractivity contribution in [2.75, 3.05) is 14.2 Å². The van der Waals surface area contributed by atoms with Crippen molar-refractivity contribution in [3.8, 4) is 0 Å². The lowest BCUT2D eigenvalue weighted by molar-refractivity contribution is -0.182. The third kappa shape index (κ3) is 4.02. The number of aliphatic hydroxyl groups is 1. The molecule has 4 aliphatic carbocycles. The third-order valence-corrected chi connectivity index (χ3v) is 12.3. The Morgan fingerprint density at radius 1 is 1.03 bits per heavy atom. The number of fused-ring (bicyclic) bond motifs is 5. The molecular weight excluding hydrogens is 432 g/mol. The van der Waals surface area contributed by atoms with Crippen molar-refractivity contribution in [2.24, 2.45) is 45.3 Å². The van der Waals surface area contributed by atoms with Gasteiger partial charge in [0.2, 0.25) is 0 Å². The topological polar surface area (TPSA) is 38.7 Å². The second-order valence-electron chi connectivity index (χ2n) is 14.6. The molecule has 0 amide bonds. The summed E-state index contributed by atoms with van der Waals surface area (Å²) in [6, 6.07) is 0. The number of methoxy groups -OCH3 is 2. The van der Waals surface area contributed by atoms with Gasteiger partial charge in [-0.25, -0.2) is 0 Å². The van der Waals surface area contributed by atoms with Crippen LogP contribution in [-0.4, -0.2) is 37.1 Å². The number of hydrogen-bond acceptors (Lipinski definition) is 3. The summed E-state index contributed by atoms with van der Waals surface area (Å²) in [6.45, 7) is 19.1. The van der Waals surface area contributed by atoms with Crippen LogP contribution in [0.25, 0.3) is 0 Å². The number of allylic oxidation sites excluding steroid dienone is 1. The lowest BCUT2D eigenvalue weighted by atomic mass is 9.38. The first kappa shape index (κ1) is 27.4. The Kier molecular flexibility index (Phi) is 7.03. The van der Waals surface area contributed by atoms with Crippen molar-refractivity contribution >= 4 is 0 Å². The number of aliphatic hydroxyl groups excluding tert-OH is 1. The van der Waals surface area contributed by atoms with Gasteiger partial charge in [0.25, 0.3) is 0 Å². The molecule has 0 aliphatic heterocycles. The van der Waals surface area contributed by atoms with Crippen molar-refractivity contribution < 1.29 is 14.6 Å². The molecule has 3 fully saturated rings. The van der Waals surface area contributed by atoms with Crippen LogP contribution in [0.1, 0.15) is 100 Å². The van der Waals surface area contributed by atoms with Crippen LogP contribution in [-0.2, 0) is 9.47 Å². The van der Waals surface area contributed by atoms with Gasteiger partial charge < -0.3 is 14.6 Å². The van der Waals surface area contributed by atoms with Crippen molar-refractivity contribution in [3.05, 3.63) is 23.8 Å². The molecule has 1 N–H and O–H groups in total. The molecule has 2 unspecified atom stereocenters. The van der Waals surface area contributed by atoms with E-state index >= 15 is 0 Å². The van der Waals surface area contributed by atoms with Crippen LogP contribution in [0.5, 0.6) is 0 Å². The molecule has 3 nitrogen and oxygen atoms in total. The highest BCUT2D eigenvalue weighted by atomic mass is 16.5. The largest absolute Gasteiger partial charge is 0.392 e. The Bertz CT molecular complexity index is 855. The van der Waals surface area contributed by atoms with Gasteiger partial charge in [0.15, 0.2) is 0 Å². The zero-order chi connectivity index (χ0) is 26.0. The zero-order valence-electron chi connectivity index (χ0n) is 24.4. The van der Waals surface area contributed by atoms with Crippen LogP contribution in [0.4, 0.5) is 0 Å². The average molecular weight is 487 g/mol. The number of ether oxygens (including phenoxy) is 2. The molecule has 0 aromatic rings. The minimum absolute atomic E-state index is 0.136. The van der Waals surface area contributed by atoms with Crippen molar-refractivity contribution in [1.82, 2.24) is 0 Å². The first-order valence-electron chi connectivity index (χ1n) is 14.3. The van der Waals surface area contributed by atoms with Crippen molar-refractivity contribution in [2.45, 2.75) is 118 Å². The first-order chi connectivity index (χ1) is 16.2. The van der Waals surface area contributed by atoms with E-state index in [2.05, 4.69) is 73.6 Å². The maximum absolute atomic E-state index is 10.9. The van der Waals surface area contributed by atoms with E-state index in [0.717, 1.165) is 25.2 Å². The first-order valence-corrected chi connectivity index (χ1v) is 14.3. The standard InChI is InChI=1S/C32H54O3/c1-21(12-11-16-28(2,3)35-10)22-15-17-32(8)27-25(34-9)20-24-23(13-14-26(33)29(24,4)5)30(27,6)18-19-31(22,32)7/h11,16,20-23,25-27,33H,12-15,17-19H2,1-10H3/b16-11+/t21-,22-,23-,25+,26+,27-,30?,31-,32?/m1/s1. The monoisotopic (exact) mass is 486 g/mol. The highest BCUT2D eigenvalue weighted by Crippen LogP contribution is 2.75. The maximum Gasteiger partial charge on any atom is 0.0802 e. The van der Waals surface area contributed by atoms with E-state index in [-0.39, 0.29) is 34.1 Å². The van der Waals surface area contributed by atoms with Gasteiger partial charge in [-0.3, -0.25) is 0 Å². The molecule has 0 saturated heterocycles. The van der Waals surface area contributed by atoms with Gasteiger partial charge in [0.1, 0.15) is 0 Å². The molecule has 3 heteroatoms. The van der Waals surface area contributed by atoms with Gasteiger partial charge in [-0.15, -0.1) is 0 Å². The van der Waals surface area contributed by atoms with E-state index < -0.39 is 0 Å². The van der Waals surface area contributed by atoms with E-state index in [0.29, 0.717) is 23.2 Å². The molecule has 200 valence electrons. The summed E-state index contributed by atoms with van der Waals surface area (Å²) in [6.07, 6.45) is 15.3. The Hall–Kier alpha value is -0.640. The highest BCUT2D eigenvalue weighted by Gasteiger charge is 2.69. The fourth-order valence-electron chi connectivity index (χ4n) is 9.69. The fourth-order valence-corrected chi connectivity index (χ4v) is 9.69. The minimum Gasteiger partial charge on any atom is -0.392 e. The molecule has 0 aromatic carbocycles. The molecule has 0 heterocycles. The van der Waals surface area contributed by atoms with Gasteiger partial charge in [0, 0.05) is 25.6 Å². The Morgan fingerprint density at radius 3 is 2.34 bits per heavy atom. The highest BCUT2D eigenvalue weighted by molar-refractivity contribution is 5.32. The molecule has 4 aliphatic rings. The normalized spacial score (nSPS) is 46.0. The van der Waals surface area contributed by atoms with E-state index in [1.165, 1.54) is 31.3 Å². The predicted octanol–water partition coefficient (Wildman–Crippen LogP) is 7.58. The van der Waals surface area contributed by atoms with Crippen molar-refractivity contribution in [3.63, 3.8) is 0 Å². The van der Waals surface area contributed by atoms with E-state index in [4.69, 9.17) is 9.47 Å². The number of rotatable bonds is 6. The maximum atomic E-state index is 10.9. The molecule has 3 saturated carbocycles. The van der Waals surface area contributed by atoms with Crippen LogP contribution < -0.4 is 0 Å². The SMILES string of the molecule is CO[C@H]1C=C2[C@@H](CC[C@H](O)C2(C)C)C2(C)CC[C@]3(C)[C@@H]([C@H](C)C/C=C/C(C)(C)OC)CCC3(C)[C@H]12. The third-order valence-electron chi connectivity index (χ3n) is 12.3. The Morgan fingerprint density at radius 2 is 1.71 bits per heavy atom. The zero-order valence-corrected chi connectivity index (χ0v) is 24.4. The molecule has 35 heavy (non-hydrogen) atoms. The van der Waals surface area contributed by atoms with Crippen LogP contribution in [0, 0.1) is 45.3 Å². The minimum atomic E-state index is -0.250. The second-order valence-corrected chi connectivity index (χ2v) is 14.6. The van der Waals surface area contributed by atoms with Gasteiger partial charge in [-0.2, -0.15) is 0 Å². The summed E-state index contributed by atoms with van der Waals surface area (Å²) in [5.74, 6) is 2.49. The predicted molar refractivity (Wildman–Crippen MR) is 145 cm³/mol. The van der Waals surface area contributed by atoms with Crippen LogP contribution in [0.3, 0.4) is 0 Å². The Labute approximate surface area is 216 Å². The lowest BCUT2D eigenvalue weighted by Crippen LogP contribution is -2.63. The molecule has 4 rings (SSSR count). The van der Waals surface area contributed by atoms with Gasteiger partial charge in [-0.05, 0) is 92.8 Å². The molecule has 0 aromatic heterocycles. The van der Waals surface area contributed by atoms with Gasteiger partial charge in [0.05, 0.1) is 17.8 Å². The summed E-state index contributed by atoms with van der Waals surface area (Å²) in [7, 11) is 3.71. The summed E-state index contributed by atoms with van der Waals surface area (Å²) in [5, 5.41) is 10.9. The van der Waals surface area contributed by atoms with E-state index in [1.807, 2.05) is 7.11 Å². The second kappa shape index (κ2) is 8.98. The average Bonchev–Trinajstić information content (AvgIpc) is 3.07. The summed E-state index contributed by atoms with van der Waals surface area (Å²) >= 11 is 0. The van der Waals surface area contributed by atoms with Gasteiger partial charge >= 0.3 is 0 Å². The lowest BCUT2D eigenvalue weighted by Gasteiger charge is -2.67. The fraction of sp³-hybridized carbons (Fsp3) is 0.875. The van der Waals surface area contributed by atoms with Crippen LogP contribution in [0.15, 0.2) is 23.8 Å². The molecule has 0 radical (unpaired) electrons. The van der Waals surface area contributed by atoms with Crippen LogP contribution >= 0.6 is 0 Å².